The van der Waals surface area contributed by atoms with Crippen molar-refractivity contribution in [1.29, 1.82) is 0 Å². The normalized spacial score (nSPS) is 30.5. The molecular weight excluding hydrogens is 464 g/mol. The SMILES string of the molecule is CC1(CSc2cc(SCC3(C)CC=CO3)c(SCC3(C)CC=CO3)c(O)c2O)CC=CO1. The van der Waals surface area contributed by atoms with Crippen LogP contribution in [0.5, 0.6) is 11.5 Å². The van der Waals surface area contributed by atoms with Crippen LogP contribution in [0.3, 0.4) is 0 Å². The van der Waals surface area contributed by atoms with E-state index in [2.05, 4.69) is 20.8 Å². The van der Waals surface area contributed by atoms with Crippen molar-refractivity contribution >= 4 is 35.3 Å². The molecule has 0 saturated carbocycles. The van der Waals surface area contributed by atoms with Gasteiger partial charge in [-0.2, -0.15) is 0 Å². The third kappa shape index (κ3) is 5.34. The van der Waals surface area contributed by atoms with E-state index in [1.807, 2.05) is 24.3 Å². The Kier molecular flexibility index (Phi) is 6.94. The van der Waals surface area contributed by atoms with Crippen LogP contribution >= 0.6 is 35.3 Å². The molecule has 0 amide bonds. The number of phenols is 2. The first-order valence-corrected chi connectivity index (χ1v) is 13.6. The number of phenolic OH excluding ortho intramolecular Hbond substituents is 2. The number of rotatable bonds is 9. The minimum Gasteiger partial charge on any atom is -0.503 e. The highest BCUT2D eigenvalue weighted by Gasteiger charge is 2.32. The van der Waals surface area contributed by atoms with E-state index in [-0.39, 0.29) is 28.3 Å². The summed E-state index contributed by atoms with van der Waals surface area (Å²) >= 11 is 4.67. The highest BCUT2D eigenvalue weighted by atomic mass is 32.2. The summed E-state index contributed by atoms with van der Waals surface area (Å²) in [6, 6.07) is 1.99. The first kappa shape index (κ1) is 23.6. The van der Waals surface area contributed by atoms with Crippen LogP contribution in [0.1, 0.15) is 40.0 Å². The van der Waals surface area contributed by atoms with Gasteiger partial charge in [0.2, 0.25) is 0 Å². The predicted molar refractivity (Wildman–Crippen MR) is 132 cm³/mol. The molecule has 0 aliphatic carbocycles. The van der Waals surface area contributed by atoms with Gasteiger partial charge in [0.1, 0.15) is 16.8 Å². The highest BCUT2D eigenvalue weighted by molar-refractivity contribution is 8.02. The lowest BCUT2D eigenvalue weighted by Gasteiger charge is -2.26. The maximum atomic E-state index is 11.0. The molecule has 3 atom stereocenters. The Hall–Kier alpha value is -1.51. The fourth-order valence-electron chi connectivity index (χ4n) is 3.59. The van der Waals surface area contributed by atoms with Gasteiger partial charge in [-0.25, -0.2) is 0 Å². The van der Waals surface area contributed by atoms with Crippen molar-refractivity contribution in [2.75, 3.05) is 17.3 Å². The molecule has 0 radical (unpaired) electrons. The number of ether oxygens (including phenoxy) is 3. The van der Waals surface area contributed by atoms with Crippen LogP contribution in [0.2, 0.25) is 0 Å². The molecule has 3 aliphatic heterocycles. The molecule has 0 saturated heterocycles. The van der Waals surface area contributed by atoms with E-state index in [9.17, 15) is 10.2 Å². The largest absolute Gasteiger partial charge is 0.503 e. The monoisotopic (exact) mass is 494 g/mol. The highest BCUT2D eigenvalue weighted by Crippen LogP contribution is 2.50. The maximum absolute atomic E-state index is 11.0. The van der Waals surface area contributed by atoms with E-state index in [0.717, 1.165) is 29.9 Å². The predicted octanol–water partition coefficient (Wildman–Crippen LogP) is 6.45. The van der Waals surface area contributed by atoms with Crippen LogP contribution < -0.4 is 0 Å². The summed E-state index contributed by atoms with van der Waals surface area (Å²) in [5.41, 5.74) is -0.881. The molecule has 0 bridgehead atoms. The second kappa shape index (κ2) is 9.39. The lowest BCUT2D eigenvalue weighted by molar-refractivity contribution is 0.0872. The Morgan fingerprint density at radius 2 is 1.12 bits per heavy atom. The van der Waals surface area contributed by atoms with E-state index in [0.29, 0.717) is 21.3 Å². The summed E-state index contributed by atoms with van der Waals surface area (Å²) in [6.45, 7) is 6.20. The van der Waals surface area contributed by atoms with Gasteiger partial charge in [-0.1, -0.05) is 0 Å². The molecule has 5 nitrogen and oxygen atoms in total. The van der Waals surface area contributed by atoms with Gasteiger partial charge in [-0.3, -0.25) is 0 Å². The second-order valence-corrected chi connectivity index (χ2v) is 12.2. The molecule has 1 aromatic carbocycles. The van der Waals surface area contributed by atoms with Gasteiger partial charge in [0.25, 0.3) is 0 Å². The van der Waals surface area contributed by atoms with E-state index in [4.69, 9.17) is 14.2 Å². The molecular formula is C24H30O5S3. The molecule has 3 unspecified atom stereocenters. The number of benzene rings is 1. The molecule has 2 N–H and O–H groups in total. The topological polar surface area (TPSA) is 68.2 Å². The minimum absolute atomic E-state index is 0.0664. The maximum Gasteiger partial charge on any atom is 0.173 e. The quantitative estimate of drug-likeness (QED) is 0.300. The smallest absolute Gasteiger partial charge is 0.173 e. The Labute approximate surface area is 202 Å². The Bertz CT molecular complexity index is 916. The van der Waals surface area contributed by atoms with Crippen molar-refractivity contribution in [2.24, 2.45) is 0 Å². The Morgan fingerprint density at radius 3 is 1.56 bits per heavy atom. The summed E-state index contributed by atoms with van der Waals surface area (Å²) in [4.78, 5) is 2.29. The zero-order valence-corrected chi connectivity index (χ0v) is 21.1. The summed E-state index contributed by atoms with van der Waals surface area (Å²) in [5.74, 6) is 1.94. The molecule has 0 fully saturated rings. The van der Waals surface area contributed by atoms with Crippen molar-refractivity contribution in [1.82, 2.24) is 0 Å². The molecule has 0 spiro atoms. The molecule has 1 aromatic rings. The first-order valence-electron chi connectivity index (χ1n) is 10.7. The van der Waals surface area contributed by atoms with Crippen molar-refractivity contribution in [3.63, 3.8) is 0 Å². The average Bonchev–Trinajstić information content (AvgIpc) is 3.50. The molecule has 4 rings (SSSR count). The zero-order valence-electron chi connectivity index (χ0n) is 18.6. The first-order chi connectivity index (χ1) is 15.2. The Morgan fingerprint density at radius 1 is 0.688 bits per heavy atom. The number of thioether (sulfide) groups is 3. The fraction of sp³-hybridized carbons (Fsp3) is 0.500. The molecule has 3 heterocycles. The van der Waals surface area contributed by atoms with Crippen LogP contribution in [0.25, 0.3) is 0 Å². The zero-order chi connectivity index (χ0) is 22.8. The number of aromatic hydroxyl groups is 2. The average molecular weight is 495 g/mol. The molecule has 3 aliphatic rings. The molecule has 0 aromatic heterocycles. The molecule has 32 heavy (non-hydrogen) atoms. The Balaban J connectivity index is 1.55. The van der Waals surface area contributed by atoms with Crippen LogP contribution in [-0.4, -0.2) is 44.3 Å². The number of hydrogen-bond donors (Lipinski definition) is 2. The lowest BCUT2D eigenvalue weighted by atomic mass is 10.1. The third-order valence-corrected chi connectivity index (χ3v) is 10.1. The second-order valence-electron chi connectivity index (χ2n) is 9.20. The van der Waals surface area contributed by atoms with E-state index in [1.54, 1.807) is 30.5 Å². The van der Waals surface area contributed by atoms with Crippen LogP contribution in [0, 0.1) is 0 Å². The van der Waals surface area contributed by atoms with Gasteiger partial charge >= 0.3 is 0 Å². The van der Waals surface area contributed by atoms with Gasteiger partial charge in [-0.15, -0.1) is 35.3 Å². The van der Waals surface area contributed by atoms with Gasteiger partial charge < -0.3 is 24.4 Å². The molecule has 8 heteroatoms. The van der Waals surface area contributed by atoms with Crippen LogP contribution in [0.15, 0.2) is 57.8 Å². The van der Waals surface area contributed by atoms with Crippen LogP contribution in [-0.2, 0) is 14.2 Å². The van der Waals surface area contributed by atoms with Crippen molar-refractivity contribution in [3.8, 4) is 11.5 Å². The standard InChI is InChI=1S/C24H30O5S3/c1-22(7-4-10-27-22)14-30-17-13-18(31-15-23(2)8-5-11-28-23)21(20(26)19(17)25)32-16-24(3)9-6-12-29-24/h4-6,10-13,25-26H,7-9,14-16H2,1-3H3. The van der Waals surface area contributed by atoms with Gasteiger partial charge in [0.05, 0.1) is 28.6 Å². The molecule has 174 valence electrons. The van der Waals surface area contributed by atoms with E-state index in [1.165, 1.54) is 23.5 Å². The summed E-state index contributed by atoms with van der Waals surface area (Å²) in [5, 5.41) is 21.8. The van der Waals surface area contributed by atoms with Crippen molar-refractivity contribution in [2.45, 2.75) is 71.5 Å². The number of hydrogen-bond acceptors (Lipinski definition) is 8. The van der Waals surface area contributed by atoms with Gasteiger partial charge in [-0.05, 0) is 45.1 Å². The minimum atomic E-state index is -0.312. The van der Waals surface area contributed by atoms with Gasteiger partial charge in [0.15, 0.2) is 11.5 Å². The lowest BCUT2D eigenvalue weighted by Crippen LogP contribution is -2.26. The summed E-state index contributed by atoms with van der Waals surface area (Å²) < 4.78 is 17.3. The van der Waals surface area contributed by atoms with E-state index < -0.39 is 0 Å². The third-order valence-electron chi connectivity index (χ3n) is 5.74. The van der Waals surface area contributed by atoms with Crippen LogP contribution in [0.4, 0.5) is 0 Å². The fourth-order valence-corrected chi connectivity index (χ4v) is 7.24. The summed E-state index contributed by atoms with van der Waals surface area (Å²) in [7, 11) is 0. The van der Waals surface area contributed by atoms with Crippen molar-refractivity contribution in [3.05, 3.63) is 43.1 Å². The van der Waals surface area contributed by atoms with Gasteiger partial charge in [0, 0.05) is 41.4 Å². The van der Waals surface area contributed by atoms with Crippen molar-refractivity contribution < 1.29 is 24.4 Å². The summed E-state index contributed by atoms with van der Waals surface area (Å²) in [6.07, 6.45) is 13.8. The van der Waals surface area contributed by atoms with E-state index >= 15 is 0 Å².